The molecule has 1 aromatic rings. The number of carbonyl (C=O) groups is 2. The molecule has 23 heavy (non-hydrogen) atoms. The lowest BCUT2D eigenvalue weighted by Crippen LogP contribution is -2.51. The number of rotatable bonds is 5. The van der Waals surface area contributed by atoms with E-state index in [1.807, 2.05) is 42.1 Å². The molecule has 3 rings (SSSR count). The third-order valence-corrected chi connectivity index (χ3v) is 4.68. The number of likely N-dealkylation sites (tertiary alicyclic amines) is 2. The zero-order valence-corrected chi connectivity index (χ0v) is 13.8. The fraction of sp³-hybridized carbons (Fsp3) is 0.588. The van der Waals surface area contributed by atoms with E-state index in [-0.39, 0.29) is 17.7 Å². The molecule has 1 atom stereocenters. The summed E-state index contributed by atoms with van der Waals surface area (Å²) in [6.45, 7) is 3.54. The van der Waals surface area contributed by atoms with Crippen molar-refractivity contribution in [1.82, 2.24) is 19.7 Å². The van der Waals surface area contributed by atoms with Crippen molar-refractivity contribution in [2.24, 2.45) is 5.92 Å². The van der Waals surface area contributed by atoms with Crippen LogP contribution in [-0.4, -0.2) is 78.3 Å². The average molecular weight is 316 g/mol. The minimum absolute atomic E-state index is 0.104. The third-order valence-electron chi connectivity index (χ3n) is 4.68. The van der Waals surface area contributed by atoms with Crippen LogP contribution in [0.3, 0.4) is 0 Å². The van der Waals surface area contributed by atoms with Crippen molar-refractivity contribution >= 4 is 11.8 Å². The van der Waals surface area contributed by atoms with Crippen molar-refractivity contribution in [3.8, 4) is 0 Å². The van der Waals surface area contributed by atoms with Crippen molar-refractivity contribution in [2.75, 3.05) is 46.8 Å². The molecule has 2 aliphatic rings. The Morgan fingerprint density at radius 2 is 2.09 bits per heavy atom. The number of nitrogens with zero attached hydrogens (tertiary/aromatic N) is 4. The van der Waals surface area contributed by atoms with Crippen LogP contribution in [0.1, 0.15) is 18.0 Å². The summed E-state index contributed by atoms with van der Waals surface area (Å²) < 4.78 is 0. The van der Waals surface area contributed by atoms with Crippen LogP contribution in [0.2, 0.25) is 0 Å². The van der Waals surface area contributed by atoms with Crippen LogP contribution in [0.5, 0.6) is 0 Å². The highest BCUT2D eigenvalue weighted by Gasteiger charge is 2.40. The van der Waals surface area contributed by atoms with Gasteiger partial charge in [0.15, 0.2) is 0 Å². The first-order chi connectivity index (χ1) is 11.0. The van der Waals surface area contributed by atoms with Crippen molar-refractivity contribution in [2.45, 2.75) is 12.3 Å². The van der Waals surface area contributed by atoms with E-state index < -0.39 is 0 Å². The number of likely N-dealkylation sites (N-methyl/N-ethyl adjacent to an activating group) is 1. The van der Waals surface area contributed by atoms with Gasteiger partial charge in [-0.1, -0.05) is 6.07 Å². The summed E-state index contributed by atoms with van der Waals surface area (Å²) in [6, 6.07) is 5.89. The largest absolute Gasteiger partial charge is 0.341 e. The molecule has 0 radical (unpaired) electrons. The monoisotopic (exact) mass is 316 g/mol. The van der Waals surface area contributed by atoms with Crippen LogP contribution in [0.25, 0.3) is 0 Å². The molecule has 124 valence electrons. The molecular formula is C17H24N4O2. The van der Waals surface area contributed by atoms with Gasteiger partial charge in [0.25, 0.3) is 0 Å². The first-order valence-corrected chi connectivity index (χ1v) is 8.17. The molecule has 2 fully saturated rings. The Hall–Kier alpha value is -1.95. The highest BCUT2D eigenvalue weighted by molar-refractivity contribution is 5.89. The Morgan fingerprint density at radius 3 is 2.74 bits per heavy atom. The first-order valence-electron chi connectivity index (χ1n) is 8.17. The topological polar surface area (TPSA) is 56.8 Å². The molecule has 0 spiro atoms. The smallest absolute Gasteiger partial charge is 0.228 e. The van der Waals surface area contributed by atoms with Gasteiger partial charge in [-0.25, -0.2) is 0 Å². The Kier molecular flexibility index (Phi) is 4.61. The van der Waals surface area contributed by atoms with E-state index in [4.69, 9.17) is 0 Å². The van der Waals surface area contributed by atoms with Crippen LogP contribution in [-0.2, 0) is 9.59 Å². The van der Waals surface area contributed by atoms with Crippen LogP contribution >= 0.6 is 0 Å². The second-order valence-electron chi connectivity index (χ2n) is 6.74. The summed E-state index contributed by atoms with van der Waals surface area (Å²) in [6.07, 6.45) is 2.15. The SMILES string of the molecule is CN(C)CCN1C[C@@H](C(=O)N2CC(c3ccccn3)C2)CC1=O. The molecule has 0 aliphatic carbocycles. The molecular weight excluding hydrogens is 292 g/mol. The van der Waals surface area contributed by atoms with Gasteiger partial charge in [-0.05, 0) is 26.2 Å². The Labute approximate surface area is 137 Å². The molecule has 0 N–H and O–H groups in total. The zero-order valence-electron chi connectivity index (χ0n) is 13.8. The normalized spacial score (nSPS) is 21.9. The molecule has 2 saturated heterocycles. The quantitative estimate of drug-likeness (QED) is 0.790. The molecule has 0 unspecified atom stereocenters. The van der Waals surface area contributed by atoms with Gasteiger partial charge in [0.05, 0.1) is 5.92 Å². The third kappa shape index (κ3) is 3.52. The van der Waals surface area contributed by atoms with Crippen molar-refractivity contribution in [3.63, 3.8) is 0 Å². The van der Waals surface area contributed by atoms with E-state index in [0.717, 1.165) is 25.3 Å². The van der Waals surface area contributed by atoms with E-state index in [2.05, 4.69) is 9.88 Å². The number of hydrogen-bond donors (Lipinski definition) is 0. The van der Waals surface area contributed by atoms with E-state index in [1.54, 1.807) is 6.20 Å². The predicted molar refractivity (Wildman–Crippen MR) is 86.8 cm³/mol. The van der Waals surface area contributed by atoms with E-state index in [9.17, 15) is 9.59 Å². The van der Waals surface area contributed by atoms with Crippen LogP contribution in [0.15, 0.2) is 24.4 Å². The van der Waals surface area contributed by atoms with Crippen molar-refractivity contribution < 1.29 is 9.59 Å². The molecule has 0 saturated carbocycles. The highest BCUT2D eigenvalue weighted by atomic mass is 16.2. The maximum absolute atomic E-state index is 12.5. The van der Waals surface area contributed by atoms with E-state index >= 15 is 0 Å². The highest BCUT2D eigenvalue weighted by Crippen LogP contribution is 2.29. The average Bonchev–Trinajstić information content (AvgIpc) is 2.86. The van der Waals surface area contributed by atoms with Crippen LogP contribution in [0.4, 0.5) is 0 Å². The summed E-state index contributed by atoms with van der Waals surface area (Å²) in [5.74, 6) is 0.390. The standard InChI is InChI=1S/C17H24N4O2/c1-19(2)7-8-20-10-13(9-16(20)22)17(23)21-11-14(12-21)15-5-3-4-6-18-15/h3-6,13-14H,7-12H2,1-2H3/t13-/m0/s1. The van der Waals surface area contributed by atoms with E-state index in [1.165, 1.54) is 0 Å². The van der Waals surface area contributed by atoms with Crippen LogP contribution in [0, 0.1) is 5.92 Å². The van der Waals surface area contributed by atoms with Gasteiger partial charge in [-0.2, -0.15) is 0 Å². The lowest BCUT2D eigenvalue weighted by molar-refractivity contribution is -0.140. The number of carbonyl (C=O) groups excluding carboxylic acids is 2. The van der Waals surface area contributed by atoms with Gasteiger partial charge in [-0.3, -0.25) is 14.6 Å². The summed E-state index contributed by atoms with van der Waals surface area (Å²) >= 11 is 0. The molecule has 1 aromatic heterocycles. The number of hydrogen-bond acceptors (Lipinski definition) is 4. The molecule has 0 bridgehead atoms. The van der Waals surface area contributed by atoms with Gasteiger partial charge in [0, 0.05) is 57.0 Å². The van der Waals surface area contributed by atoms with E-state index in [0.29, 0.717) is 25.4 Å². The summed E-state index contributed by atoms with van der Waals surface area (Å²) in [5.41, 5.74) is 1.05. The van der Waals surface area contributed by atoms with Gasteiger partial charge in [0.2, 0.25) is 11.8 Å². The minimum Gasteiger partial charge on any atom is -0.341 e. The molecule has 0 aromatic carbocycles. The molecule has 6 heteroatoms. The second kappa shape index (κ2) is 6.66. The van der Waals surface area contributed by atoms with Gasteiger partial charge in [-0.15, -0.1) is 0 Å². The van der Waals surface area contributed by atoms with Crippen molar-refractivity contribution in [3.05, 3.63) is 30.1 Å². The zero-order chi connectivity index (χ0) is 16.4. The molecule has 2 amide bonds. The first kappa shape index (κ1) is 15.9. The Balaban J connectivity index is 1.49. The van der Waals surface area contributed by atoms with Crippen molar-refractivity contribution in [1.29, 1.82) is 0 Å². The van der Waals surface area contributed by atoms with Gasteiger partial charge >= 0.3 is 0 Å². The van der Waals surface area contributed by atoms with Crippen LogP contribution < -0.4 is 0 Å². The van der Waals surface area contributed by atoms with Gasteiger partial charge < -0.3 is 14.7 Å². The van der Waals surface area contributed by atoms with Gasteiger partial charge in [0.1, 0.15) is 0 Å². The lowest BCUT2D eigenvalue weighted by Gasteiger charge is -2.40. The maximum Gasteiger partial charge on any atom is 0.228 e. The Morgan fingerprint density at radius 1 is 1.30 bits per heavy atom. The Bertz CT molecular complexity index is 569. The minimum atomic E-state index is -0.172. The second-order valence-corrected chi connectivity index (χ2v) is 6.74. The molecule has 3 heterocycles. The summed E-state index contributed by atoms with van der Waals surface area (Å²) in [7, 11) is 3.97. The number of pyridine rings is 1. The number of amides is 2. The fourth-order valence-electron chi connectivity index (χ4n) is 3.20. The summed E-state index contributed by atoms with van der Waals surface area (Å²) in [4.78, 5) is 34.7. The lowest BCUT2D eigenvalue weighted by atomic mass is 9.93. The maximum atomic E-state index is 12.5. The number of aromatic nitrogens is 1. The molecule has 2 aliphatic heterocycles. The molecule has 6 nitrogen and oxygen atoms in total. The summed E-state index contributed by atoms with van der Waals surface area (Å²) in [5, 5.41) is 0. The predicted octanol–water partition coefficient (Wildman–Crippen LogP) is 0.418. The fourth-order valence-corrected chi connectivity index (χ4v) is 3.20.